The summed E-state index contributed by atoms with van der Waals surface area (Å²) in [6, 6.07) is 15.9. The molecule has 2 aromatic carbocycles. The molecule has 3 aromatic rings. The number of carbonyl (C=O) groups is 1. The van der Waals surface area contributed by atoms with Gasteiger partial charge in [0.1, 0.15) is 18.1 Å². The highest BCUT2D eigenvalue weighted by Crippen LogP contribution is 2.19. The van der Waals surface area contributed by atoms with Gasteiger partial charge >= 0.3 is 0 Å². The SMILES string of the molecule is Cc1ccccc1CN1CCN(C(=O)c2ccc(OCc3c(C)noc3C)cc2)CC1. The van der Waals surface area contributed by atoms with Crippen LogP contribution in [0.5, 0.6) is 5.75 Å². The van der Waals surface area contributed by atoms with Crippen molar-refractivity contribution in [3.05, 3.63) is 82.2 Å². The van der Waals surface area contributed by atoms with Gasteiger partial charge in [0.2, 0.25) is 0 Å². The molecule has 1 aromatic heterocycles. The van der Waals surface area contributed by atoms with E-state index in [0.29, 0.717) is 12.2 Å². The summed E-state index contributed by atoms with van der Waals surface area (Å²) in [7, 11) is 0. The Hall–Kier alpha value is -3.12. The van der Waals surface area contributed by atoms with Crippen LogP contribution in [0.3, 0.4) is 0 Å². The lowest BCUT2D eigenvalue weighted by atomic mass is 10.1. The molecule has 1 aliphatic rings. The normalized spacial score (nSPS) is 14.6. The number of benzene rings is 2. The van der Waals surface area contributed by atoms with Crippen molar-refractivity contribution in [2.45, 2.75) is 33.9 Å². The predicted molar refractivity (Wildman–Crippen MR) is 119 cm³/mol. The van der Waals surface area contributed by atoms with Crippen LogP contribution in [0.25, 0.3) is 0 Å². The van der Waals surface area contributed by atoms with Crippen LogP contribution < -0.4 is 4.74 Å². The van der Waals surface area contributed by atoms with Gasteiger partial charge in [-0.15, -0.1) is 0 Å². The number of hydrogen-bond donors (Lipinski definition) is 0. The Labute approximate surface area is 183 Å². The average molecular weight is 420 g/mol. The van der Waals surface area contributed by atoms with Gasteiger partial charge in [-0.05, 0) is 56.2 Å². The molecule has 0 saturated carbocycles. The van der Waals surface area contributed by atoms with Crippen LogP contribution >= 0.6 is 0 Å². The molecule has 1 saturated heterocycles. The zero-order valence-corrected chi connectivity index (χ0v) is 18.4. The Morgan fingerprint density at radius 3 is 2.35 bits per heavy atom. The van der Waals surface area contributed by atoms with Crippen LogP contribution in [0, 0.1) is 20.8 Å². The predicted octanol–water partition coefficient (Wildman–Crippen LogP) is 4.14. The third-order valence-electron chi connectivity index (χ3n) is 5.98. The van der Waals surface area contributed by atoms with E-state index in [1.54, 1.807) is 0 Å². The van der Waals surface area contributed by atoms with Gasteiger partial charge in [-0.25, -0.2) is 0 Å². The van der Waals surface area contributed by atoms with Gasteiger partial charge in [0, 0.05) is 38.3 Å². The number of aryl methyl sites for hydroxylation is 3. The van der Waals surface area contributed by atoms with Gasteiger partial charge in [-0.3, -0.25) is 9.69 Å². The summed E-state index contributed by atoms with van der Waals surface area (Å²) in [5.41, 5.74) is 5.17. The molecular weight excluding hydrogens is 390 g/mol. The largest absolute Gasteiger partial charge is 0.489 e. The first-order valence-corrected chi connectivity index (χ1v) is 10.7. The zero-order chi connectivity index (χ0) is 21.8. The number of piperazine rings is 1. The molecule has 0 unspecified atom stereocenters. The van der Waals surface area contributed by atoms with Gasteiger partial charge in [-0.2, -0.15) is 0 Å². The van der Waals surface area contributed by atoms with E-state index in [4.69, 9.17) is 9.26 Å². The lowest BCUT2D eigenvalue weighted by Gasteiger charge is -2.35. The molecule has 0 atom stereocenters. The second kappa shape index (κ2) is 9.35. The fourth-order valence-corrected chi connectivity index (χ4v) is 3.88. The summed E-state index contributed by atoms with van der Waals surface area (Å²) >= 11 is 0. The van der Waals surface area contributed by atoms with Crippen LogP contribution in [0.1, 0.15) is 38.5 Å². The van der Waals surface area contributed by atoms with Crippen LogP contribution in [-0.4, -0.2) is 47.0 Å². The molecule has 1 amide bonds. The fraction of sp³-hybridized carbons (Fsp3) is 0.360. The third-order valence-corrected chi connectivity index (χ3v) is 5.98. The number of nitrogens with zero attached hydrogens (tertiary/aromatic N) is 3. The molecule has 0 bridgehead atoms. The van der Waals surface area contributed by atoms with Gasteiger partial charge in [-0.1, -0.05) is 29.4 Å². The Kier molecular flexibility index (Phi) is 6.37. The molecule has 0 aliphatic carbocycles. The number of ether oxygens (including phenoxy) is 1. The molecule has 0 N–H and O–H groups in total. The maximum absolute atomic E-state index is 12.9. The monoisotopic (exact) mass is 419 g/mol. The van der Waals surface area contributed by atoms with E-state index in [9.17, 15) is 4.79 Å². The summed E-state index contributed by atoms with van der Waals surface area (Å²) < 4.78 is 11.0. The Balaban J connectivity index is 1.29. The van der Waals surface area contributed by atoms with Crippen LogP contribution in [-0.2, 0) is 13.2 Å². The first-order valence-electron chi connectivity index (χ1n) is 10.7. The summed E-state index contributed by atoms with van der Waals surface area (Å²) in [4.78, 5) is 17.3. The number of aromatic nitrogens is 1. The number of rotatable bonds is 6. The molecule has 2 heterocycles. The highest BCUT2D eigenvalue weighted by Gasteiger charge is 2.22. The summed E-state index contributed by atoms with van der Waals surface area (Å²) in [6.45, 7) is 10.5. The molecule has 162 valence electrons. The van der Waals surface area contributed by atoms with Crippen molar-refractivity contribution >= 4 is 5.91 Å². The molecule has 0 spiro atoms. The maximum atomic E-state index is 12.9. The second-order valence-corrected chi connectivity index (χ2v) is 8.11. The second-order valence-electron chi connectivity index (χ2n) is 8.11. The quantitative estimate of drug-likeness (QED) is 0.601. The zero-order valence-electron chi connectivity index (χ0n) is 18.4. The van der Waals surface area contributed by atoms with Crippen LogP contribution in [0.4, 0.5) is 0 Å². The van der Waals surface area contributed by atoms with E-state index in [1.807, 2.05) is 43.0 Å². The number of hydrogen-bond acceptors (Lipinski definition) is 5. The molecule has 6 heteroatoms. The van der Waals surface area contributed by atoms with Crippen molar-refractivity contribution in [3.8, 4) is 5.75 Å². The van der Waals surface area contributed by atoms with Crippen molar-refractivity contribution < 1.29 is 14.1 Å². The highest BCUT2D eigenvalue weighted by molar-refractivity contribution is 5.94. The topological polar surface area (TPSA) is 58.8 Å². The molecule has 1 fully saturated rings. The molecule has 6 nitrogen and oxygen atoms in total. The first kappa shape index (κ1) is 21.1. The molecular formula is C25H29N3O3. The Morgan fingerprint density at radius 2 is 1.71 bits per heavy atom. The molecule has 31 heavy (non-hydrogen) atoms. The number of carbonyl (C=O) groups excluding carboxylic acids is 1. The van der Waals surface area contributed by atoms with E-state index in [1.165, 1.54) is 11.1 Å². The minimum atomic E-state index is 0.0767. The standard InChI is InChI=1S/C25H29N3O3/c1-18-6-4-5-7-22(18)16-27-12-14-28(15-13-27)25(29)21-8-10-23(11-9-21)30-17-24-19(2)26-31-20(24)3/h4-11H,12-17H2,1-3H3. The lowest BCUT2D eigenvalue weighted by Crippen LogP contribution is -2.48. The first-order chi connectivity index (χ1) is 15.0. The van der Waals surface area contributed by atoms with Crippen LogP contribution in [0.15, 0.2) is 53.1 Å². The van der Waals surface area contributed by atoms with E-state index in [2.05, 4.69) is 41.2 Å². The van der Waals surface area contributed by atoms with E-state index >= 15 is 0 Å². The van der Waals surface area contributed by atoms with Crippen molar-refractivity contribution in [1.82, 2.24) is 15.0 Å². The van der Waals surface area contributed by atoms with Crippen molar-refractivity contribution in [2.75, 3.05) is 26.2 Å². The van der Waals surface area contributed by atoms with Crippen LogP contribution in [0.2, 0.25) is 0 Å². The van der Waals surface area contributed by atoms with Crippen molar-refractivity contribution in [3.63, 3.8) is 0 Å². The van der Waals surface area contributed by atoms with Gasteiger partial charge in [0.05, 0.1) is 11.3 Å². The van der Waals surface area contributed by atoms with E-state index in [0.717, 1.165) is 55.5 Å². The summed E-state index contributed by atoms with van der Waals surface area (Å²) in [5, 5.41) is 3.94. The summed E-state index contributed by atoms with van der Waals surface area (Å²) in [6.07, 6.45) is 0. The highest BCUT2D eigenvalue weighted by atomic mass is 16.5. The van der Waals surface area contributed by atoms with E-state index < -0.39 is 0 Å². The Bertz CT molecular complexity index is 1010. The minimum absolute atomic E-state index is 0.0767. The molecule has 4 rings (SSSR count). The maximum Gasteiger partial charge on any atom is 0.253 e. The third kappa shape index (κ3) is 4.97. The van der Waals surface area contributed by atoms with E-state index in [-0.39, 0.29) is 5.91 Å². The molecule has 1 aliphatic heterocycles. The smallest absolute Gasteiger partial charge is 0.253 e. The lowest BCUT2D eigenvalue weighted by molar-refractivity contribution is 0.0628. The fourth-order valence-electron chi connectivity index (χ4n) is 3.88. The van der Waals surface area contributed by atoms with Crippen molar-refractivity contribution in [1.29, 1.82) is 0 Å². The Morgan fingerprint density at radius 1 is 1.00 bits per heavy atom. The molecule has 0 radical (unpaired) electrons. The minimum Gasteiger partial charge on any atom is -0.489 e. The van der Waals surface area contributed by atoms with Gasteiger partial charge in [0.25, 0.3) is 5.91 Å². The van der Waals surface area contributed by atoms with Gasteiger partial charge < -0.3 is 14.2 Å². The number of amides is 1. The van der Waals surface area contributed by atoms with Gasteiger partial charge in [0.15, 0.2) is 0 Å². The van der Waals surface area contributed by atoms with Crippen molar-refractivity contribution in [2.24, 2.45) is 0 Å². The average Bonchev–Trinajstić information content (AvgIpc) is 3.11. The summed E-state index contributed by atoms with van der Waals surface area (Å²) in [5.74, 6) is 1.57.